The summed E-state index contributed by atoms with van der Waals surface area (Å²) in [6.07, 6.45) is 8.39. The van der Waals surface area contributed by atoms with E-state index in [2.05, 4.69) is 12.2 Å². The van der Waals surface area contributed by atoms with Gasteiger partial charge in [0.25, 0.3) is 0 Å². The number of carbonyl (C=O) groups is 1. The maximum absolute atomic E-state index is 12.9. The topological polar surface area (TPSA) is 72.5 Å². The van der Waals surface area contributed by atoms with Gasteiger partial charge in [0.1, 0.15) is 0 Å². The van der Waals surface area contributed by atoms with E-state index in [0.717, 1.165) is 25.7 Å². The van der Waals surface area contributed by atoms with Gasteiger partial charge in [-0.25, -0.2) is 13.2 Å². The predicted molar refractivity (Wildman–Crippen MR) is 109 cm³/mol. The lowest BCUT2D eigenvalue weighted by Crippen LogP contribution is -2.20. The SMILES string of the molecule is CCCCC(CC)COC(=O)/C(=C\C=C\NCC)S(=O)(=O)c1ccccc1. The normalized spacial score (nSPS) is 13.5. The summed E-state index contributed by atoms with van der Waals surface area (Å²) in [5.41, 5.74) is 0. The van der Waals surface area contributed by atoms with Gasteiger partial charge in [0.2, 0.25) is 9.84 Å². The zero-order valence-electron chi connectivity index (χ0n) is 16.5. The van der Waals surface area contributed by atoms with Crippen molar-refractivity contribution in [2.24, 2.45) is 5.92 Å². The molecular formula is C21H31NO4S. The first-order chi connectivity index (χ1) is 13.0. The molecule has 0 fully saturated rings. The van der Waals surface area contributed by atoms with Gasteiger partial charge in [0, 0.05) is 6.54 Å². The van der Waals surface area contributed by atoms with Crippen LogP contribution in [0.4, 0.5) is 0 Å². The van der Waals surface area contributed by atoms with Crippen LogP contribution in [0.3, 0.4) is 0 Å². The van der Waals surface area contributed by atoms with Crippen LogP contribution in [0.15, 0.2) is 58.5 Å². The first kappa shape index (κ1) is 23.0. The van der Waals surface area contributed by atoms with Crippen LogP contribution in [0.5, 0.6) is 0 Å². The van der Waals surface area contributed by atoms with Crippen LogP contribution >= 0.6 is 0 Å². The van der Waals surface area contributed by atoms with Gasteiger partial charge < -0.3 is 10.1 Å². The Hall–Kier alpha value is -2.08. The van der Waals surface area contributed by atoms with E-state index < -0.39 is 15.8 Å². The van der Waals surface area contributed by atoms with Crippen LogP contribution in [-0.2, 0) is 19.4 Å². The number of unbranched alkanes of at least 4 members (excludes halogenated alkanes) is 1. The number of hydrogen-bond donors (Lipinski definition) is 1. The molecule has 0 spiro atoms. The zero-order valence-corrected chi connectivity index (χ0v) is 17.3. The Kier molecular flexibility index (Phi) is 10.5. The van der Waals surface area contributed by atoms with E-state index in [9.17, 15) is 13.2 Å². The first-order valence-corrected chi connectivity index (χ1v) is 11.0. The largest absolute Gasteiger partial charge is 0.461 e. The summed E-state index contributed by atoms with van der Waals surface area (Å²) in [4.78, 5) is 12.3. The summed E-state index contributed by atoms with van der Waals surface area (Å²) in [6.45, 7) is 7.01. The van der Waals surface area contributed by atoms with E-state index in [1.165, 1.54) is 24.3 Å². The minimum absolute atomic E-state index is 0.0723. The molecule has 1 N–H and O–H groups in total. The molecule has 1 unspecified atom stereocenters. The van der Waals surface area contributed by atoms with Gasteiger partial charge in [0.15, 0.2) is 4.91 Å². The monoisotopic (exact) mass is 393 g/mol. The van der Waals surface area contributed by atoms with Crippen LogP contribution in [0.1, 0.15) is 46.5 Å². The van der Waals surface area contributed by atoms with Crippen LogP contribution in [0.2, 0.25) is 0 Å². The fourth-order valence-electron chi connectivity index (χ4n) is 2.48. The number of allylic oxidation sites excluding steroid dienone is 2. The van der Waals surface area contributed by atoms with Gasteiger partial charge in [-0.15, -0.1) is 0 Å². The molecule has 1 rings (SSSR count). The standard InChI is InChI=1S/C21H31NO4S/c1-4-7-12-18(5-2)17-26-21(23)20(15-11-16-22-6-3)27(24,25)19-13-9-8-10-14-19/h8-11,13-16,18,22H,4-7,12,17H2,1-3H3/b16-11+,20-15+. The maximum atomic E-state index is 12.9. The molecule has 150 valence electrons. The molecule has 6 heteroatoms. The lowest BCUT2D eigenvalue weighted by Gasteiger charge is -2.15. The summed E-state index contributed by atoms with van der Waals surface area (Å²) in [5, 5.41) is 2.94. The van der Waals surface area contributed by atoms with Crippen molar-refractivity contribution >= 4 is 15.8 Å². The Morgan fingerprint density at radius 2 is 1.89 bits per heavy atom. The highest BCUT2D eigenvalue weighted by atomic mass is 32.2. The molecule has 0 aliphatic carbocycles. The fraction of sp³-hybridized carbons (Fsp3) is 0.476. The molecule has 0 saturated carbocycles. The third-order valence-corrected chi connectivity index (χ3v) is 5.98. The molecule has 0 heterocycles. The molecule has 0 bridgehead atoms. The summed E-state index contributed by atoms with van der Waals surface area (Å²) in [7, 11) is -3.95. The lowest BCUT2D eigenvalue weighted by atomic mass is 10.0. The van der Waals surface area contributed by atoms with E-state index in [0.29, 0.717) is 6.54 Å². The van der Waals surface area contributed by atoms with E-state index >= 15 is 0 Å². The molecule has 27 heavy (non-hydrogen) atoms. The number of benzene rings is 1. The molecule has 0 aromatic heterocycles. The molecule has 0 aliphatic heterocycles. The third kappa shape index (κ3) is 7.59. The van der Waals surface area contributed by atoms with E-state index in [1.807, 2.05) is 13.8 Å². The molecule has 5 nitrogen and oxygen atoms in total. The Morgan fingerprint density at radius 1 is 1.19 bits per heavy atom. The van der Waals surface area contributed by atoms with Crippen molar-refractivity contribution in [3.63, 3.8) is 0 Å². The molecular weight excluding hydrogens is 362 g/mol. The second-order valence-electron chi connectivity index (χ2n) is 6.28. The molecule has 0 aliphatic rings. The zero-order chi connectivity index (χ0) is 20.1. The average Bonchev–Trinajstić information content (AvgIpc) is 2.68. The third-order valence-electron chi connectivity index (χ3n) is 4.20. The fourth-order valence-corrected chi connectivity index (χ4v) is 3.78. The van der Waals surface area contributed by atoms with Crippen molar-refractivity contribution in [1.29, 1.82) is 0 Å². The number of sulfone groups is 1. The molecule has 1 aromatic rings. The van der Waals surface area contributed by atoms with Gasteiger partial charge in [0.05, 0.1) is 11.5 Å². The second kappa shape index (κ2) is 12.3. The van der Waals surface area contributed by atoms with Gasteiger partial charge >= 0.3 is 5.97 Å². The Balaban J connectivity index is 3.02. The van der Waals surface area contributed by atoms with Gasteiger partial charge in [-0.1, -0.05) is 51.3 Å². The van der Waals surface area contributed by atoms with E-state index in [4.69, 9.17) is 4.74 Å². The van der Waals surface area contributed by atoms with Gasteiger partial charge in [-0.2, -0.15) is 0 Å². The lowest BCUT2D eigenvalue weighted by molar-refractivity contribution is -0.139. The van der Waals surface area contributed by atoms with Crippen molar-refractivity contribution in [3.8, 4) is 0 Å². The van der Waals surface area contributed by atoms with E-state index in [-0.39, 0.29) is 22.3 Å². The summed E-state index contributed by atoms with van der Waals surface area (Å²) < 4.78 is 31.2. The molecule has 1 aromatic carbocycles. The number of nitrogens with one attached hydrogen (secondary N) is 1. The number of hydrogen-bond acceptors (Lipinski definition) is 5. The number of esters is 1. The molecule has 0 saturated heterocycles. The van der Waals surface area contributed by atoms with Crippen LogP contribution in [0.25, 0.3) is 0 Å². The Morgan fingerprint density at radius 3 is 2.48 bits per heavy atom. The molecule has 0 radical (unpaired) electrons. The highest BCUT2D eigenvalue weighted by Gasteiger charge is 2.28. The highest BCUT2D eigenvalue weighted by Crippen LogP contribution is 2.21. The van der Waals surface area contributed by atoms with Crippen molar-refractivity contribution in [1.82, 2.24) is 5.32 Å². The number of carbonyl (C=O) groups excluding carboxylic acids is 1. The van der Waals surface area contributed by atoms with Crippen molar-refractivity contribution in [2.75, 3.05) is 13.2 Å². The smallest absolute Gasteiger partial charge is 0.350 e. The van der Waals surface area contributed by atoms with E-state index in [1.54, 1.807) is 24.4 Å². The van der Waals surface area contributed by atoms with Crippen molar-refractivity contribution in [2.45, 2.75) is 51.3 Å². The average molecular weight is 394 g/mol. The number of ether oxygens (including phenoxy) is 1. The number of rotatable bonds is 12. The van der Waals surface area contributed by atoms with Crippen LogP contribution in [-0.4, -0.2) is 27.5 Å². The van der Waals surface area contributed by atoms with Crippen molar-refractivity contribution in [3.05, 3.63) is 53.6 Å². The quantitative estimate of drug-likeness (QED) is 0.327. The Labute approximate surface area is 163 Å². The predicted octanol–water partition coefficient (Wildman–Crippen LogP) is 4.23. The molecule has 1 atom stereocenters. The first-order valence-electron chi connectivity index (χ1n) is 9.54. The summed E-state index contributed by atoms with van der Waals surface area (Å²) in [5.74, 6) is -0.568. The van der Waals surface area contributed by atoms with Gasteiger partial charge in [-0.05, 0) is 49.7 Å². The van der Waals surface area contributed by atoms with Crippen molar-refractivity contribution < 1.29 is 17.9 Å². The van der Waals surface area contributed by atoms with Gasteiger partial charge in [-0.3, -0.25) is 0 Å². The molecule has 0 amide bonds. The second-order valence-corrected chi connectivity index (χ2v) is 8.20. The highest BCUT2D eigenvalue weighted by molar-refractivity contribution is 7.96. The van der Waals surface area contributed by atoms with Crippen LogP contribution < -0.4 is 5.32 Å². The summed E-state index contributed by atoms with van der Waals surface area (Å²) >= 11 is 0. The minimum atomic E-state index is -3.95. The summed E-state index contributed by atoms with van der Waals surface area (Å²) in [6, 6.07) is 7.93. The Bertz CT molecular complexity index is 724. The minimum Gasteiger partial charge on any atom is -0.461 e. The maximum Gasteiger partial charge on any atom is 0.350 e. The van der Waals surface area contributed by atoms with Crippen LogP contribution in [0, 0.1) is 5.92 Å².